The van der Waals surface area contributed by atoms with Crippen molar-refractivity contribution >= 4 is 41.4 Å². The molecule has 0 bridgehead atoms. The van der Waals surface area contributed by atoms with Crippen LogP contribution in [0.5, 0.6) is 23.0 Å². The number of ether oxygens (including phenoxy) is 2. The van der Waals surface area contributed by atoms with Gasteiger partial charge in [-0.05, 0) is 59.7 Å². The van der Waals surface area contributed by atoms with Gasteiger partial charge in [-0.2, -0.15) is 0 Å². The monoisotopic (exact) mass is 667 g/mol. The zero-order valence-electron chi connectivity index (χ0n) is 26.3. The molecule has 3 aliphatic rings. The number of hydrogen-bond acceptors (Lipinski definition) is 8. The highest BCUT2D eigenvalue weighted by Crippen LogP contribution is 2.57. The standard InChI is InChI=1S/C39H29N3O8/c43-25-12-15-30-34(18-25)49-35-19-26(44)13-16-31(35)39(30)29-14-11-24(17-28(29)37(47)50-39)36(46)40-20-27(45)21-41-38(48)42-32-7-3-1-5-22(32)9-10-23-6-2-4-8-33(23)42/h1-19,27,43-45H,20-21H2,(H,40,46)(H,41,48). The zero-order valence-corrected chi connectivity index (χ0v) is 26.3. The van der Waals surface area contributed by atoms with Gasteiger partial charge >= 0.3 is 12.0 Å². The molecule has 5 aromatic rings. The molecule has 11 heteroatoms. The van der Waals surface area contributed by atoms with Gasteiger partial charge in [0.2, 0.25) is 0 Å². The number of esters is 1. The first kappa shape index (κ1) is 30.7. The SMILES string of the molecule is O=C(NCC(O)CNC(=O)N1c2ccccc2C=Cc2ccccc21)c1ccc2c(c1)C(=O)OC21c2ccc(O)cc2Oc2cc(O)ccc21. The van der Waals surface area contributed by atoms with Crippen LogP contribution in [-0.4, -0.2) is 52.4 Å². The molecule has 0 radical (unpaired) electrons. The Hall–Kier alpha value is -6.59. The second-order valence-electron chi connectivity index (χ2n) is 12.1. The summed E-state index contributed by atoms with van der Waals surface area (Å²) in [5.74, 6) is -0.855. The number of hydrogen-bond donors (Lipinski definition) is 5. The molecular weight excluding hydrogens is 638 g/mol. The molecule has 248 valence electrons. The number of fused-ring (bicyclic) bond motifs is 8. The minimum atomic E-state index is -1.45. The molecule has 0 fully saturated rings. The molecule has 3 heterocycles. The van der Waals surface area contributed by atoms with Crippen molar-refractivity contribution in [3.05, 3.63) is 142 Å². The number of aliphatic hydroxyl groups excluding tert-OH is 1. The fourth-order valence-corrected chi connectivity index (χ4v) is 6.71. The number of aliphatic hydroxyl groups is 1. The van der Waals surface area contributed by atoms with Crippen LogP contribution in [0, 0.1) is 0 Å². The van der Waals surface area contributed by atoms with Crippen LogP contribution in [0.4, 0.5) is 16.2 Å². The highest BCUT2D eigenvalue weighted by atomic mass is 16.6. The summed E-state index contributed by atoms with van der Waals surface area (Å²) in [6.07, 6.45) is 2.77. The number of phenols is 2. The number of phenolic OH excluding ortho intramolecular Hbond substituents is 2. The van der Waals surface area contributed by atoms with Gasteiger partial charge in [-0.15, -0.1) is 0 Å². The summed E-state index contributed by atoms with van der Waals surface area (Å²) in [6, 6.07) is 28.1. The van der Waals surface area contributed by atoms with Gasteiger partial charge in [0.1, 0.15) is 23.0 Å². The van der Waals surface area contributed by atoms with Crippen molar-refractivity contribution in [1.82, 2.24) is 10.6 Å². The highest BCUT2D eigenvalue weighted by molar-refractivity contribution is 6.05. The van der Waals surface area contributed by atoms with Crippen molar-refractivity contribution in [3.8, 4) is 23.0 Å². The number of benzene rings is 5. The Morgan fingerprint density at radius 1 is 0.720 bits per heavy atom. The molecule has 5 aromatic carbocycles. The van der Waals surface area contributed by atoms with Gasteiger partial charge in [0, 0.05) is 47.5 Å². The Morgan fingerprint density at radius 2 is 1.28 bits per heavy atom. The number of nitrogens with one attached hydrogen (secondary N) is 2. The zero-order chi connectivity index (χ0) is 34.6. The van der Waals surface area contributed by atoms with E-state index >= 15 is 0 Å². The smallest absolute Gasteiger partial charge is 0.340 e. The average molecular weight is 668 g/mol. The van der Waals surface area contributed by atoms with Gasteiger partial charge in [0.15, 0.2) is 5.60 Å². The van der Waals surface area contributed by atoms with Crippen LogP contribution in [0.15, 0.2) is 103 Å². The molecule has 3 amide bonds. The molecule has 8 rings (SSSR count). The lowest BCUT2D eigenvalue weighted by atomic mass is 9.77. The minimum absolute atomic E-state index is 0.0595. The van der Waals surface area contributed by atoms with Crippen molar-refractivity contribution in [2.24, 2.45) is 0 Å². The molecule has 0 saturated heterocycles. The average Bonchev–Trinajstić information content (AvgIpc) is 3.29. The first-order chi connectivity index (χ1) is 24.2. The normalized spacial score (nSPS) is 14.9. The summed E-state index contributed by atoms with van der Waals surface area (Å²) >= 11 is 0. The lowest BCUT2D eigenvalue weighted by Crippen LogP contribution is -2.44. The van der Waals surface area contributed by atoms with Crippen LogP contribution in [0.1, 0.15) is 48.5 Å². The van der Waals surface area contributed by atoms with E-state index in [9.17, 15) is 29.7 Å². The van der Waals surface area contributed by atoms with Gasteiger partial charge in [-0.25, -0.2) is 9.59 Å². The van der Waals surface area contributed by atoms with Crippen molar-refractivity contribution in [1.29, 1.82) is 0 Å². The number of para-hydroxylation sites is 2. The van der Waals surface area contributed by atoms with Gasteiger partial charge < -0.3 is 35.4 Å². The third-order valence-electron chi connectivity index (χ3n) is 9.02. The van der Waals surface area contributed by atoms with Crippen molar-refractivity contribution in [2.75, 3.05) is 18.0 Å². The Kier molecular flexibility index (Phi) is 7.27. The topological polar surface area (TPSA) is 158 Å². The fraction of sp³-hybridized carbons (Fsp3) is 0.103. The van der Waals surface area contributed by atoms with Crippen LogP contribution >= 0.6 is 0 Å². The van der Waals surface area contributed by atoms with E-state index in [1.807, 2.05) is 60.7 Å². The molecule has 0 saturated carbocycles. The number of aromatic hydroxyl groups is 2. The largest absolute Gasteiger partial charge is 0.508 e. The van der Waals surface area contributed by atoms with Crippen molar-refractivity contribution in [3.63, 3.8) is 0 Å². The predicted molar refractivity (Wildman–Crippen MR) is 184 cm³/mol. The summed E-state index contributed by atoms with van der Waals surface area (Å²) in [5, 5.41) is 36.5. The first-order valence-electron chi connectivity index (χ1n) is 15.9. The number of rotatable bonds is 5. The van der Waals surface area contributed by atoms with Gasteiger partial charge in [0.25, 0.3) is 5.91 Å². The van der Waals surface area contributed by atoms with E-state index < -0.39 is 29.6 Å². The molecular formula is C39H29N3O8. The van der Waals surface area contributed by atoms with Crippen LogP contribution in [0.25, 0.3) is 12.2 Å². The third-order valence-corrected chi connectivity index (χ3v) is 9.02. The molecule has 1 spiro atoms. The van der Waals surface area contributed by atoms with Gasteiger partial charge in [-0.1, -0.05) is 54.6 Å². The maximum Gasteiger partial charge on any atom is 0.340 e. The maximum absolute atomic E-state index is 13.5. The number of nitrogens with zero attached hydrogens (tertiary/aromatic N) is 1. The summed E-state index contributed by atoms with van der Waals surface area (Å²) in [7, 11) is 0. The second kappa shape index (κ2) is 11.8. The Balaban J connectivity index is 0.985. The van der Waals surface area contributed by atoms with E-state index in [0.717, 1.165) is 11.1 Å². The van der Waals surface area contributed by atoms with Crippen LogP contribution in [0.3, 0.4) is 0 Å². The van der Waals surface area contributed by atoms with Crippen molar-refractivity contribution < 1.29 is 39.2 Å². The molecule has 0 aliphatic carbocycles. The van der Waals surface area contributed by atoms with Gasteiger partial charge in [-0.3, -0.25) is 9.69 Å². The van der Waals surface area contributed by atoms with E-state index in [4.69, 9.17) is 9.47 Å². The summed E-state index contributed by atoms with van der Waals surface area (Å²) < 4.78 is 12.0. The molecule has 3 aliphatic heterocycles. The summed E-state index contributed by atoms with van der Waals surface area (Å²) in [4.78, 5) is 41.7. The van der Waals surface area contributed by atoms with Crippen molar-refractivity contribution in [2.45, 2.75) is 11.7 Å². The number of amides is 3. The number of anilines is 2. The first-order valence-corrected chi connectivity index (χ1v) is 15.9. The Bertz CT molecular complexity index is 2160. The van der Waals surface area contributed by atoms with E-state index in [0.29, 0.717) is 28.1 Å². The highest BCUT2D eigenvalue weighted by Gasteiger charge is 2.53. The lowest BCUT2D eigenvalue weighted by Gasteiger charge is -2.36. The summed E-state index contributed by atoms with van der Waals surface area (Å²) in [6.45, 7) is -0.317. The molecule has 0 aromatic heterocycles. The fourth-order valence-electron chi connectivity index (χ4n) is 6.71. The molecule has 1 atom stereocenters. The molecule has 5 N–H and O–H groups in total. The molecule has 50 heavy (non-hydrogen) atoms. The van der Waals surface area contributed by atoms with E-state index in [2.05, 4.69) is 10.6 Å². The third kappa shape index (κ3) is 4.99. The van der Waals surface area contributed by atoms with E-state index in [-0.39, 0.29) is 47.2 Å². The lowest BCUT2D eigenvalue weighted by molar-refractivity contribution is 0.0224. The van der Waals surface area contributed by atoms with Crippen LogP contribution < -0.4 is 20.3 Å². The Labute approximate surface area is 285 Å². The van der Waals surface area contributed by atoms with Gasteiger partial charge in [0.05, 0.1) is 23.0 Å². The van der Waals surface area contributed by atoms with Crippen LogP contribution in [0.2, 0.25) is 0 Å². The van der Waals surface area contributed by atoms with E-state index in [1.165, 1.54) is 30.3 Å². The number of carbonyl (C=O) groups excluding carboxylic acids is 3. The predicted octanol–water partition coefficient (Wildman–Crippen LogP) is 5.79. The molecule has 1 unspecified atom stereocenters. The van der Waals surface area contributed by atoms with E-state index in [1.54, 1.807) is 29.2 Å². The minimum Gasteiger partial charge on any atom is -0.508 e. The summed E-state index contributed by atoms with van der Waals surface area (Å²) in [5.41, 5.74) is 3.34. The number of carbonyl (C=O) groups is 3. The quantitative estimate of drug-likeness (QED) is 0.148. The molecule has 11 nitrogen and oxygen atoms in total. The van der Waals surface area contributed by atoms with Crippen LogP contribution in [-0.2, 0) is 10.3 Å². The number of urea groups is 1. The second-order valence-corrected chi connectivity index (χ2v) is 12.1. The maximum atomic E-state index is 13.5. The Morgan fingerprint density at radius 3 is 1.90 bits per heavy atom.